The number of carboxylic acids is 1. The molecule has 1 atom stereocenters. The van der Waals surface area contributed by atoms with Crippen molar-refractivity contribution in [3.63, 3.8) is 0 Å². The van der Waals surface area contributed by atoms with Crippen LogP contribution in [-0.2, 0) is 4.79 Å². The van der Waals surface area contributed by atoms with Gasteiger partial charge in [0, 0.05) is 13.0 Å². The van der Waals surface area contributed by atoms with E-state index in [1.54, 1.807) is 6.07 Å². The van der Waals surface area contributed by atoms with Gasteiger partial charge in [-0.05, 0) is 12.1 Å². The number of nitrogens with zero attached hydrogens (tertiary/aromatic N) is 1. The summed E-state index contributed by atoms with van der Waals surface area (Å²) in [6.45, 7) is 0.0422. The van der Waals surface area contributed by atoms with Gasteiger partial charge in [-0.3, -0.25) is 4.79 Å². The summed E-state index contributed by atoms with van der Waals surface area (Å²) in [6.07, 6.45) is -1.55. The fourth-order valence-corrected chi connectivity index (χ4v) is 1.23. The first-order valence-electron chi connectivity index (χ1n) is 4.82. The lowest BCUT2D eigenvalue weighted by atomic mass is 10.2. The van der Waals surface area contributed by atoms with Gasteiger partial charge < -0.3 is 15.5 Å². The lowest BCUT2D eigenvalue weighted by Crippen LogP contribution is -2.30. The molecule has 0 saturated heterocycles. The minimum Gasteiger partial charge on any atom is -0.479 e. The molecule has 0 bridgehead atoms. The van der Waals surface area contributed by atoms with Gasteiger partial charge in [-0.15, -0.1) is 0 Å². The maximum Gasteiger partial charge on any atom is 0.332 e. The summed E-state index contributed by atoms with van der Waals surface area (Å²) in [7, 11) is 0. The zero-order chi connectivity index (χ0) is 12.8. The van der Waals surface area contributed by atoms with Crippen LogP contribution in [0.25, 0.3) is 0 Å². The van der Waals surface area contributed by atoms with Crippen molar-refractivity contribution >= 4 is 23.5 Å². The molecule has 1 amide bonds. The van der Waals surface area contributed by atoms with Crippen LogP contribution in [0.3, 0.4) is 0 Å². The molecule has 3 N–H and O–H groups in total. The van der Waals surface area contributed by atoms with Crippen LogP contribution in [0, 0.1) is 0 Å². The SMILES string of the molecule is O=C(NCC[C@H](O)C(=O)O)c1cccc(Cl)n1. The molecule has 1 aromatic rings. The summed E-state index contributed by atoms with van der Waals surface area (Å²) in [5, 5.41) is 20.0. The van der Waals surface area contributed by atoms with Crippen molar-refractivity contribution in [2.24, 2.45) is 0 Å². The molecule has 92 valence electrons. The lowest BCUT2D eigenvalue weighted by molar-refractivity contribution is -0.146. The first-order chi connectivity index (χ1) is 8.00. The number of carboxylic acid groups (broad SMARTS) is 1. The highest BCUT2D eigenvalue weighted by atomic mass is 35.5. The van der Waals surface area contributed by atoms with Crippen LogP contribution in [0.2, 0.25) is 5.15 Å². The van der Waals surface area contributed by atoms with E-state index >= 15 is 0 Å². The van der Waals surface area contributed by atoms with Gasteiger partial charge in [0.2, 0.25) is 0 Å². The Kier molecular flexibility index (Phi) is 4.86. The molecule has 7 heteroatoms. The molecule has 0 spiro atoms. The summed E-state index contributed by atoms with van der Waals surface area (Å²) < 4.78 is 0. The summed E-state index contributed by atoms with van der Waals surface area (Å²) in [6, 6.07) is 4.59. The number of hydrogen-bond donors (Lipinski definition) is 3. The number of aliphatic carboxylic acids is 1. The highest BCUT2D eigenvalue weighted by Crippen LogP contribution is 2.04. The molecule has 0 aliphatic rings. The van der Waals surface area contributed by atoms with E-state index in [0.29, 0.717) is 0 Å². The number of carbonyl (C=O) groups excluding carboxylic acids is 1. The first kappa shape index (κ1) is 13.4. The zero-order valence-electron chi connectivity index (χ0n) is 8.76. The Balaban J connectivity index is 2.43. The molecule has 1 rings (SSSR count). The Morgan fingerprint density at radius 1 is 1.47 bits per heavy atom. The summed E-state index contributed by atoms with van der Waals surface area (Å²) in [5.74, 6) is -1.79. The Morgan fingerprint density at radius 3 is 2.76 bits per heavy atom. The number of carbonyl (C=O) groups is 2. The number of amides is 1. The van der Waals surface area contributed by atoms with E-state index in [1.807, 2.05) is 0 Å². The van der Waals surface area contributed by atoms with E-state index in [2.05, 4.69) is 10.3 Å². The van der Waals surface area contributed by atoms with Crippen molar-refractivity contribution in [3.05, 3.63) is 29.0 Å². The van der Waals surface area contributed by atoms with Gasteiger partial charge in [-0.1, -0.05) is 17.7 Å². The Hall–Kier alpha value is -1.66. The van der Waals surface area contributed by atoms with E-state index in [1.165, 1.54) is 12.1 Å². The van der Waals surface area contributed by atoms with E-state index in [-0.39, 0.29) is 23.8 Å². The van der Waals surface area contributed by atoms with Gasteiger partial charge in [0.05, 0.1) is 0 Å². The van der Waals surface area contributed by atoms with Crippen LogP contribution >= 0.6 is 11.6 Å². The fraction of sp³-hybridized carbons (Fsp3) is 0.300. The Labute approximate surface area is 102 Å². The van der Waals surface area contributed by atoms with Gasteiger partial charge in [0.15, 0.2) is 6.10 Å². The van der Waals surface area contributed by atoms with Crippen molar-refractivity contribution in [2.45, 2.75) is 12.5 Å². The molecule has 0 radical (unpaired) electrons. The molecule has 17 heavy (non-hydrogen) atoms. The highest BCUT2D eigenvalue weighted by molar-refractivity contribution is 6.29. The van der Waals surface area contributed by atoms with Gasteiger partial charge in [-0.25, -0.2) is 9.78 Å². The maximum absolute atomic E-state index is 11.5. The third kappa shape index (κ3) is 4.38. The molecule has 6 nitrogen and oxygen atoms in total. The van der Waals surface area contributed by atoms with Crippen LogP contribution in [0.4, 0.5) is 0 Å². The molecule has 0 aliphatic heterocycles. The predicted molar refractivity (Wildman–Crippen MR) is 59.8 cm³/mol. The van der Waals surface area contributed by atoms with Crippen LogP contribution in [0.15, 0.2) is 18.2 Å². The molecular weight excluding hydrogens is 248 g/mol. The largest absolute Gasteiger partial charge is 0.479 e. The van der Waals surface area contributed by atoms with E-state index in [4.69, 9.17) is 21.8 Å². The average Bonchev–Trinajstić information content (AvgIpc) is 2.28. The molecule has 0 aliphatic carbocycles. The third-order valence-corrected chi connectivity index (χ3v) is 2.15. The number of rotatable bonds is 5. The molecule has 0 fully saturated rings. The van der Waals surface area contributed by atoms with Gasteiger partial charge in [-0.2, -0.15) is 0 Å². The van der Waals surface area contributed by atoms with Gasteiger partial charge >= 0.3 is 5.97 Å². The fourth-order valence-electron chi connectivity index (χ4n) is 1.07. The molecule has 0 saturated carbocycles. The van der Waals surface area contributed by atoms with Crippen LogP contribution in [-0.4, -0.2) is 39.7 Å². The minimum absolute atomic E-state index is 0.0422. The number of aliphatic hydroxyl groups is 1. The second-order valence-electron chi connectivity index (χ2n) is 3.24. The summed E-state index contributed by atoms with van der Waals surface area (Å²) >= 11 is 5.61. The van der Waals surface area contributed by atoms with E-state index in [9.17, 15) is 9.59 Å². The second kappa shape index (κ2) is 6.17. The highest BCUT2D eigenvalue weighted by Gasteiger charge is 2.13. The van der Waals surface area contributed by atoms with Gasteiger partial charge in [0.1, 0.15) is 10.8 Å². The first-order valence-corrected chi connectivity index (χ1v) is 5.20. The zero-order valence-corrected chi connectivity index (χ0v) is 9.52. The average molecular weight is 259 g/mol. The molecular formula is C10H11ClN2O4. The number of aromatic nitrogens is 1. The van der Waals surface area contributed by atoms with Crippen molar-refractivity contribution in [1.82, 2.24) is 10.3 Å². The lowest BCUT2D eigenvalue weighted by Gasteiger charge is -2.06. The van der Waals surface area contributed by atoms with Crippen LogP contribution in [0.1, 0.15) is 16.9 Å². The summed E-state index contributed by atoms with van der Waals surface area (Å²) in [5.41, 5.74) is 0.141. The van der Waals surface area contributed by atoms with Crippen molar-refractivity contribution < 1.29 is 19.8 Å². The molecule has 0 aromatic carbocycles. The smallest absolute Gasteiger partial charge is 0.332 e. The summed E-state index contributed by atoms with van der Waals surface area (Å²) in [4.78, 5) is 25.6. The van der Waals surface area contributed by atoms with E-state index in [0.717, 1.165) is 0 Å². The van der Waals surface area contributed by atoms with Crippen molar-refractivity contribution in [2.75, 3.05) is 6.54 Å². The molecule has 1 aromatic heterocycles. The minimum atomic E-state index is -1.48. The monoisotopic (exact) mass is 258 g/mol. The Bertz CT molecular complexity index is 425. The van der Waals surface area contributed by atoms with Crippen LogP contribution < -0.4 is 5.32 Å². The number of halogens is 1. The predicted octanol–water partition coefficient (Wildman–Crippen LogP) is 0.300. The van der Waals surface area contributed by atoms with E-state index < -0.39 is 18.0 Å². The quantitative estimate of drug-likeness (QED) is 0.660. The number of hydrogen-bond acceptors (Lipinski definition) is 4. The number of aliphatic hydroxyl groups excluding tert-OH is 1. The Morgan fingerprint density at radius 2 is 2.18 bits per heavy atom. The van der Waals surface area contributed by atoms with Crippen molar-refractivity contribution in [3.8, 4) is 0 Å². The number of pyridine rings is 1. The third-order valence-electron chi connectivity index (χ3n) is 1.94. The standard InChI is InChI=1S/C10H11ClN2O4/c11-8-3-1-2-6(13-8)9(15)12-5-4-7(14)10(16)17/h1-3,7,14H,4-5H2,(H,12,15)(H,16,17)/t7-/m0/s1. The van der Waals surface area contributed by atoms with Crippen LogP contribution in [0.5, 0.6) is 0 Å². The normalized spacial score (nSPS) is 11.9. The topological polar surface area (TPSA) is 99.5 Å². The molecule has 1 heterocycles. The van der Waals surface area contributed by atoms with Crippen molar-refractivity contribution in [1.29, 1.82) is 0 Å². The second-order valence-corrected chi connectivity index (χ2v) is 3.63. The number of nitrogens with one attached hydrogen (secondary N) is 1. The molecule has 0 unspecified atom stereocenters. The van der Waals surface area contributed by atoms with Gasteiger partial charge in [0.25, 0.3) is 5.91 Å². The maximum atomic E-state index is 11.5.